The van der Waals surface area contributed by atoms with E-state index >= 15 is 0 Å². The fourth-order valence-corrected chi connectivity index (χ4v) is 3.89. The summed E-state index contributed by atoms with van der Waals surface area (Å²) in [6.45, 7) is 5.46. The second-order valence-corrected chi connectivity index (χ2v) is 7.56. The standard InChI is InChI=1S/C22H23N3O3.ClH/c1-13-4-5-14(2)19(10-13)25-21(27)17-7-6-15(11-18(17)22(25)28)20(26)24(3)16-8-9-23-12-16;/h4-7,10-11,16,23H,8-9,12H2,1-3H3;1H. The Morgan fingerprint density at radius 2 is 1.79 bits per heavy atom. The molecular weight excluding hydrogens is 390 g/mol. The minimum atomic E-state index is -0.381. The molecule has 0 radical (unpaired) electrons. The van der Waals surface area contributed by atoms with Gasteiger partial charge in [-0.1, -0.05) is 12.1 Å². The zero-order chi connectivity index (χ0) is 20.0. The van der Waals surface area contributed by atoms with Crippen molar-refractivity contribution in [2.24, 2.45) is 0 Å². The number of carbonyl (C=O) groups is 3. The molecule has 0 bridgehead atoms. The average molecular weight is 414 g/mol. The molecular formula is C22H24ClN3O3. The molecule has 6 nitrogen and oxygen atoms in total. The number of likely N-dealkylation sites (N-methyl/N-ethyl adjacent to an activating group) is 1. The van der Waals surface area contributed by atoms with Gasteiger partial charge in [0.1, 0.15) is 0 Å². The van der Waals surface area contributed by atoms with E-state index in [1.807, 2.05) is 32.0 Å². The largest absolute Gasteiger partial charge is 0.337 e. The number of hydrogen-bond donors (Lipinski definition) is 1. The van der Waals surface area contributed by atoms with E-state index < -0.39 is 0 Å². The third-order valence-electron chi connectivity index (χ3n) is 5.64. The monoisotopic (exact) mass is 413 g/mol. The van der Waals surface area contributed by atoms with E-state index in [1.54, 1.807) is 30.1 Å². The summed E-state index contributed by atoms with van der Waals surface area (Å²) in [4.78, 5) is 41.7. The Morgan fingerprint density at radius 3 is 2.48 bits per heavy atom. The molecule has 0 spiro atoms. The Kier molecular flexibility index (Phi) is 5.78. The van der Waals surface area contributed by atoms with Crippen molar-refractivity contribution in [3.63, 3.8) is 0 Å². The van der Waals surface area contributed by atoms with Gasteiger partial charge in [-0.15, -0.1) is 12.4 Å². The number of nitrogens with one attached hydrogen (secondary N) is 1. The van der Waals surface area contributed by atoms with Crippen molar-refractivity contribution in [2.45, 2.75) is 26.3 Å². The Hall–Kier alpha value is -2.70. The summed E-state index contributed by atoms with van der Waals surface area (Å²) in [7, 11) is 1.78. The lowest BCUT2D eigenvalue weighted by molar-refractivity contribution is 0.0743. The Labute approximate surface area is 176 Å². The molecule has 0 saturated carbocycles. The number of nitrogens with zero attached hydrogens (tertiary/aromatic N) is 2. The van der Waals surface area contributed by atoms with Gasteiger partial charge >= 0.3 is 0 Å². The number of rotatable bonds is 3. The van der Waals surface area contributed by atoms with Gasteiger partial charge in [0.15, 0.2) is 0 Å². The quantitative estimate of drug-likeness (QED) is 0.785. The van der Waals surface area contributed by atoms with Crippen LogP contribution in [-0.4, -0.2) is 48.8 Å². The number of carbonyl (C=O) groups excluding carboxylic acids is 3. The van der Waals surface area contributed by atoms with E-state index in [9.17, 15) is 14.4 Å². The molecule has 1 fully saturated rings. The molecule has 0 aromatic heterocycles. The lowest BCUT2D eigenvalue weighted by Crippen LogP contribution is -2.38. The molecule has 29 heavy (non-hydrogen) atoms. The molecule has 1 saturated heterocycles. The highest BCUT2D eigenvalue weighted by Gasteiger charge is 2.38. The fourth-order valence-electron chi connectivity index (χ4n) is 3.89. The topological polar surface area (TPSA) is 69.7 Å². The number of benzene rings is 2. The number of anilines is 1. The normalized spacial score (nSPS) is 17.9. The summed E-state index contributed by atoms with van der Waals surface area (Å²) in [5.41, 5.74) is 3.47. The first-order valence-electron chi connectivity index (χ1n) is 9.46. The van der Waals surface area contributed by atoms with Gasteiger partial charge in [-0.25, -0.2) is 4.90 Å². The molecule has 1 N–H and O–H groups in total. The molecule has 4 rings (SSSR count). The predicted octanol–water partition coefficient (Wildman–Crippen LogP) is 2.96. The molecule has 2 aliphatic rings. The summed E-state index contributed by atoms with van der Waals surface area (Å²) < 4.78 is 0. The van der Waals surface area contributed by atoms with Crippen molar-refractivity contribution in [3.8, 4) is 0 Å². The van der Waals surface area contributed by atoms with Crippen LogP contribution in [0.25, 0.3) is 0 Å². The summed E-state index contributed by atoms with van der Waals surface area (Å²) in [5, 5.41) is 3.25. The van der Waals surface area contributed by atoms with E-state index in [2.05, 4.69) is 5.32 Å². The molecule has 2 aliphatic heterocycles. The van der Waals surface area contributed by atoms with Gasteiger partial charge in [0.05, 0.1) is 16.8 Å². The number of amides is 3. The van der Waals surface area contributed by atoms with E-state index in [0.29, 0.717) is 16.8 Å². The lowest BCUT2D eigenvalue weighted by Gasteiger charge is -2.23. The van der Waals surface area contributed by atoms with Gasteiger partial charge in [0, 0.05) is 25.2 Å². The van der Waals surface area contributed by atoms with Gasteiger partial charge in [-0.3, -0.25) is 14.4 Å². The first kappa shape index (κ1) is 21.0. The van der Waals surface area contributed by atoms with Gasteiger partial charge in [0.25, 0.3) is 17.7 Å². The molecule has 7 heteroatoms. The van der Waals surface area contributed by atoms with Crippen molar-refractivity contribution < 1.29 is 14.4 Å². The van der Waals surface area contributed by atoms with Gasteiger partial charge < -0.3 is 10.2 Å². The number of fused-ring (bicyclic) bond motifs is 1. The minimum absolute atomic E-state index is 0. The lowest BCUT2D eigenvalue weighted by atomic mass is 10.0. The zero-order valence-corrected chi connectivity index (χ0v) is 17.5. The van der Waals surface area contributed by atoms with E-state index in [1.165, 1.54) is 4.90 Å². The maximum absolute atomic E-state index is 13.0. The van der Waals surface area contributed by atoms with Crippen molar-refractivity contribution in [1.29, 1.82) is 0 Å². The SMILES string of the molecule is Cc1ccc(C)c(N2C(=O)c3ccc(C(=O)N(C)C4CCNC4)cc3C2=O)c1.Cl. The number of aryl methyl sites for hydroxylation is 2. The number of imide groups is 1. The highest BCUT2D eigenvalue weighted by Crippen LogP contribution is 2.32. The first-order valence-corrected chi connectivity index (χ1v) is 9.46. The van der Waals surface area contributed by atoms with Crippen LogP contribution in [-0.2, 0) is 0 Å². The van der Waals surface area contributed by atoms with E-state index in [4.69, 9.17) is 0 Å². The highest BCUT2D eigenvalue weighted by atomic mass is 35.5. The molecule has 0 aliphatic carbocycles. The van der Waals surface area contributed by atoms with Crippen molar-refractivity contribution in [1.82, 2.24) is 10.2 Å². The molecule has 2 heterocycles. The Bertz CT molecular complexity index is 999. The third-order valence-corrected chi connectivity index (χ3v) is 5.64. The molecule has 2 aromatic carbocycles. The van der Waals surface area contributed by atoms with Crippen LogP contribution in [0.1, 0.15) is 48.6 Å². The third kappa shape index (κ3) is 3.54. The Balaban J connectivity index is 0.00000240. The van der Waals surface area contributed by atoms with Crippen molar-refractivity contribution in [3.05, 3.63) is 64.2 Å². The van der Waals surface area contributed by atoms with Crippen LogP contribution >= 0.6 is 12.4 Å². The second-order valence-electron chi connectivity index (χ2n) is 7.56. The number of hydrogen-bond acceptors (Lipinski definition) is 4. The molecule has 2 aromatic rings. The van der Waals surface area contributed by atoms with Crippen LogP contribution in [0.5, 0.6) is 0 Å². The predicted molar refractivity (Wildman–Crippen MR) is 114 cm³/mol. The molecule has 1 unspecified atom stereocenters. The Morgan fingerprint density at radius 1 is 1.07 bits per heavy atom. The summed E-state index contributed by atoms with van der Waals surface area (Å²) in [5.74, 6) is -0.864. The maximum atomic E-state index is 13.0. The average Bonchev–Trinajstić information content (AvgIpc) is 3.30. The minimum Gasteiger partial charge on any atom is -0.337 e. The smallest absolute Gasteiger partial charge is 0.266 e. The van der Waals surface area contributed by atoms with Gasteiger partial charge in [-0.2, -0.15) is 0 Å². The van der Waals surface area contributed by atoms with Crippen LogP contribution in [0.3, 0.4) is 0 Å². The van der Waals surface area contributed by atoms with Gasteiger partial charge in [0.2, 0.25) is 0 Å². The van der Waals surface area contributed by atoms with Gasteiger partial charge in [-0.05, 0) is 62.2 Å². The van der Waals surface area contributed by atoms with Crippen LogP contribution in [0.15, 0.2) is 36.4 Å². The van der Waals surface area contributed by atoms with Crippen molar-refractivity contribution in [2.75, 3.05) is 25.0 Å². The van der Waals surface area contributed by atoms with Crippen LogP contribution in [0.4, 0.5) is 5.69 Å². The maximum Gasteiger partial charge on any atom is 0.266 e. The van der Waals surface area contributed by atoms with Crippen LogP contribution in [0, 0.1) is 13.8 Å². The first-order chi connectivity index (χ1) is 13.4. The summed E-state index contributed by atoms with van der Waals surface area (Å²) in [6, 6.07) is 10.6. The van der Waals surface area contributed by atoms with Crippen LogP contribution in [0.2, 0.25) is 0 Å². The molecule has 152 valence electrons. The number of halogens is 1. The van der Waals surface area contributed by atoms with E-state index in [-0.39, 0.29) is 41.7 Å². The van der Waals surface area contributed by atoms with Crippen LogP contribution < -0.4 is 10.2 Å². The summed E-state index contributed by atoms with van der Waals surface area (Å²) >= 11 is 0. The summed E-state index contributed by atoms with van der Waals surface area (Å²) in [6.07, 6.45) is 0.908. The molecule has 1 atom stereocenters. The zero-order valence-electron chi connectivity index (χ0n) is 16.7. The van der Waals surface area contributed by atoms with E-state index in [0.717, 1.165) is 30.6 Å². The van der Waals surface area contributed by atoms with Crippen molar-refractivity contribution >= 4 is 35.8 Å². The fraction of sp³-hybridized carbons (Fsp3) is 0.318. The molecule has 3 amide bonds. The second kappa shape index (κ2) is 7.97. The highest BCUT2D eigenvalue weighted by molar-refractivity contribution is 6.35.